The van der Waals surface area contributed by atoms with Gasteiger partial charge in [0.2, 0.25) is 0 Å². The summed E-state index contributed by atoms with van der Waals surface area (Å²) in [5.74, 6) is -1.43. The molecule has 0 heterocycles. The van der Waals surface area contributed by atoms with Crippen molar-refractivity contribution < 1.29 is 14.3 Å². The molecule has 0 aliphatic heterocycles. The average Bonchev–Trinajstić information content (AvgIpc) is 2.26. The molecular formula is C9H11N3O3. The van der Waals surface area contributed by atoms with Crippen LogP contribution >= 0.6 is 0 Å². The first kappa shape index (κ1) is 10.8. The Morgan fingerprint density at radius 2 is 2.00 bits per heavy atom. The Bertz CT molecular complexity index is 379. The summed E-state index contributed by atoms with van der Waals surface area (Å²) in [5, 5.41) is 0. The number of carbonyl (C=O) groups is 2. The summed E-state index contributed by atoms with van der Waals surface area (Å²) >= 11 is 0. The molecule has 15 heavy (non-hydrogen) atoms. The van der Waals surface area contributed by atoms with Crippen molar-refractivity contribution in [3.05, 3.63) is 24.3 Å². The molecule has 0 fully saturated rings. The van der Waals surface area contributed by atoms with E-state index < -0.39 is 11.8 Å². The SMILES string of the molecule is COc1ccccc1NNC(=O)C(N)=O. The lowest BCUT2D eigenvalue weighted by molar-refractivity contribution is -0.136. The molecule has 0 saturated heterocycles. The monoisotopic (exact) mass is 209 g/mol. The van der Waals surface area contributed by atoms with Crippen LogP contribution < -0.4 is 21.3 Å². The van der Waals surface area contributed by atoms with Gasteiger partial charge in [0, 0.05) is 0 Å². The number of hydrogen-bond donors (Lipinski definition) is 3. The van der Waals surface area contributed by atoms with Crippen LogP contribution in [0.3, 0.4) is 0 Å². The smallest absolute Gasteiger partial charge is 0.327 e. The third kappa shape index (κ3) is 2.87. The molecule has 0 unspecified atom stereocenters. The van der Waals surface area contributed by atoms with Crippen molar-refractivity contribution in [3.8, 4) is 5.75 Å². The maximum Gasteiger partial charge on any atom is 0.327 e. The van der Waals surface area contributed by atoms with Crippen LogP contribution in [0, 0.1) is 0 Å². The molecule has 0 aromatic heterocycles. The van der Waals surface area contributed by atoms with Gasteiger partial charge in [0.05, 0.1) is 12.8 Å². The van der Waals surface area contributed by atoms with Crippen molar-refractivity contribution in [1.82, 2.24) is 5.43 Å². The van der Waals surface area contributed by atoms with Crippen LogP contribution in [0.2, 0.25) is 0 Å². The van der Waals surface area contributed by atoms with E-state index in [1.165, 1.54) is 7.11 Å². The molecule has 2 amide bonds. The van der Waals surface area contributed by atoms with Gasteiger partial charge >= 0.3 is 11.8 Å². The molecule has 0 spiro atoms. The predicted molar refractivity (Wildman–Crippen MR) is 54.0 cm³/mol. The van der Waals surface area contributed by atoms with E-state index in [4.69, 9.17) is 10.5 Å². The van der Waals surface area contributed by atoms with Crippen molar-refractivity contribution in [2.24, 2.45) is 5.73 Å². The fourth-order valence-electron chi connectivity index (χ4n) is 0.934. The van der Waals surface area contributed by atoms with Gasteiger partial charge in [0.25, 0.3) is 0 Å². The third-order valence-corrected chi connectivity index (χ3v) is 1.64. The lowest BCUT2D eigenvalue weighted by atomic mass is 10.3. The van der Waals surface area contributed by atoms with E-state index in [1.54, 1.807) is 24.3 Å². The standard InChI is InChI=1S/C9H11N3O3/c1-15-7-5-3-2-4-6(7)11-12-9(14)8(10)13/h2-5,11H,1H3,(H2,10,13)(H,12,14). The van der Waals surface area contributed by atoms with Crippen LogP contribution in [0.4, 0.5) is 5.69 Å². The first-order chi connectivity index (χ1) is 7.15. The number of para-hydroxylation sites is 2. The Labute approximate surface area is 86.4 Å². The number of anilines is 1. The van der Waals surface area contributed by atoms with Crippen LogP contribution in [-0.2, 0) is 9.59 Å². The zero-order valence-electron chi connectivity index (χ0n) is 8.11. The Balaban J connectivity index is 2.65. The van der Waals surface area contributed by atoms with Gasteiger partial charge in [-0.3, -0.25) is 20.4 Å². The number of nitrogens with two attached hydrogens (primary N) is 1. The van der Waals surface area contributed by atoms with E-state index in [-0.39, 0.29) is 0 Å². The Morgan fingerprint density at radius 1 is 1.33 bits per heavy atom. The molecule has 0 bridgehead atoms. The summed E-state index contributed by atoms with van der Waals surface area (Å²) in [6.07, 6.45) is 0. The summed E-state index contributed by atoms with van der Waals surface area (Å²) in [6, 6.07) is 6.92. The molecule has 1 rings (SSSR count). The molecule has 1 aromatic carbocycles. The molecule has 6 heteroatoms. The molecule has 0 aliphatic rings. The normalized spacial score (nSPS) is 9.13. The summed E-state index contributed by atoms with van der Waals surface area (Å²) in [5.41, 5.74) is 9.93. The van der Waals surface area contributed by atoms with Crippen molar-refractivity contribution >= 4 is 17.5 Å². The maximum absolute atomic E-state index is 10.8. The molecule has 0 radical (unpaired) electrons. The topological polar surface area (TPSA) is 93.4 Å². The summed E-state index contributed by atoms with van der Waals surface area (Å²) in [7, 11) is 1.50. The van der Waals surface area contributed by atoms with Gasteiger partial charge in [-0.2, -0.15) is 0 Å². The number of carbonyl (C=O) groups excluding carboxylic acids is 2. The second-order valence-corrected chi connectivity index (χ2v) is 2.64. The Morgan fingerprint density at radius 3 is 2.60 bits per heavy atom. The lowest BCUT2D eigenvalue weighted by Gasteiger charge is -2.10. The van der Waals surface area contributed by atoms with Gasteiger partial charge in [-0.25, -0.2) is 0 Å². The fourth-order valence-corrected chi connectivity index (χ4v) is 0.934. The number of nitrogens with one attached hydrogen (secondary N) is 2. The largest absolute Gasteiger partial charge is 0.495 e. The number of ether oxygens (including phenoxy) is 1. The highest BCUT2D eigenvalue weighted by atomic mass is 16.5. The maximum atomic E-state index is 10.8. The number of primary amides is 1. The van der Waals surface area contributed by atoms with E-state index in [9.17, 15) is 9.59 Å². The Kier molecular flexibility index (Phi) is 3.50. The van der Waals surface area contributed by atoms with Crippen LogP contribution in [0.25, 0.3) is 0 Å². The average molecular weight is 209 g/mol. The summed E-state index contributed by atoms with van der Waals surface area (Å²) in [6.45, 7) is 0. The second-order valence-electron chi connectivity index (χ2n) is 2.64. The number of hydrogen-bond acceptors (Lipinski definition) is 4. The fraction of sp³-hybridized carbons (Fsp3) is 0.111. The van der Waals surface area contributed by atoms with E-state index in [1.807, 2.05) is 0 Å². The van der Waals surface area contributed by atoms with Crippen molar-refractivity contribution in [1.29, 1.82) is 0 Å². The quantitative estimate of drug-likeness (QED) is 0.467. The lowest BCUT2D eigenvalue weighted by Crippen LogP contribution is -2.39. The highest BCUT2D eigenvalue weighted by Gasteiger charge is 2.08. The number of hydrazine groups is 1. The number of amides is 2. The molecule has 1 aromatic rings. The molecular weight excluding hydrogens is 198 g/mol. The molecule has 80 valence electrons. The first-order valence-corrected chi connectivity index (χ1v) is 4.14. The van der Waals surface area contributed by atoms with Gasteiger partial charge in [-0.15, -0.1) is 0 Å². The van der Waals surface area contributed by atoms with E-state index in [0.717, 1.165) is 0 Å². The minimum atomic E-state index is -1.06. The minimum Gasteiger partial charge on any atom is -0.495 e. The van der Waals surface area contributed by atoms with Crippen LogP contribution in [0.1, 0.15) is 0 Å². The molecule has 6 nitrogen and oxygen atoms in total. The zero-order valence-corrected chi connectivity index (χ0v) is 8.11. The molecule has 0 atom stereocenters. The second kappa shape index (κ2) is 4.85. The molecule has 0 saturated carbocycles. The summed E-state index contributed by atoms with van der Waals surface area (Å²) < 4.78 is 5.01. The van der Waals surface area contributed by atoms with Gasteiger partial charge in [0.1, 0.15) is 5.75 Å². The highest BCUT2D eigenvalue weighted by molar-refractivity contribution is 6.34. The van der Waals surface area contributed by atoms with Crippen LogP contribution in [-0.4, -0.2) is 18.9 Å². The van der Waals surface area contributed by atoms with E-state index >= 15 is 0 Å². The van der Waals surface area contributed by atoms with Crippen molar-refractivity contribution in [3.63, 3.8) is 0 Å². The third-order valence-electron chi connectivity index (χ3n) is 1.64. The van der Waals surface area contributed by atoms with Crippen LogP contribution in [0.5, 0.6) is 5.75 Å². The predicted octanol–water partition coefficient (Wildman–Crippen LogP) is -0.376. The van der Waals surface area contributed by atoms with Crippen molar-refractivity contribution in [2.45, 2.75) is 0 Å². The Hall–Kier alpha value is -2.24. The molecule has 4 N–H and O–H groups in total. The van der Waals surface area contributed by atoms with Gasteiger partial charge in [-0.1, -0.05) is 12.1 Å². The minimum absolute atomic E-state index is 0.537. The van der Waals surface area contributed by atoms with E-state index in [2.05, 4.69) is 10.9 Å². The first-order valence-electron chi connectivity index (χ1n) is 4.14. The van der Waals surface area contributed by atoms with Gasteiger partial charge in [-0.05, 0) is 12.1 Å². The van der Waals surface area contributed by atoms with E-state index in [0.29, 0.717) is 11.4 Å². The van der Waals surface area contributed by atoms with Crippen molar-refractivity contribution in [2.75, 3.05) is 12.5 Å². The van der Waals surface area contributed by atoms with Gasteiger partial charge in [0.15, 0.2) is 0 Å². The highest BCUT2D eigenvalue weighted by Crippen LogP contribution is 2.21. The summed E-state index contributed by atoms with van der Waals surface area (Å²) in [4.78, 5) is 21.2. The zero-order chi connectivity index (χ0) is 11.3. The van der Waals surface area contributed by atoms with Gasteiger partial charge < -0.3 is 10.5 Å². The van der Waals surface area contributed by atoms with Crippen LogP contribution in [0.15, 0.2) is 24.3 Å². The number of rotatable bonds is 3. The number of methoxy groups -OCH3 is 1. The molecule has 0 aliphatic carbocycles. The number of benzene rings is 1.